The summed E-state index contributed by atoms with van der Waals surface area (Å²) < 4.78 is 0. The molecule has 0 aliphatic heterocycles. The van der Waals surface area contributed by atoms with Crippen molar-refractivity contribution in [2.24, 2.45) is 0 Å². The third-order valence-electron chi connectivity index (χ3n) is 2.15. The summed E-state index contributed by atoms with van der Waals surface area (Å²) in [6.45, 7) is 1.86. The van der Waals surface area contributed by atoms with Gasteiger partial charge in [0.05, 0.1) is 0 Å². The lowest BCUT2D eigenvalue weighted by molar-refractivity contribution is 0.111. The van der Waals surface area contributed by atoms with E-state index in [4.69, 9.17) is 0 Å². The van der Waals surface area contributed by atoms with Crippen LogP contribution in [0.4, 0.5) is 0 Å². The van der Waals surface area contributed by atoms with Crippen LogP contribution in [0, 0.1) is 6.92 Å². The smallest absolute Gasteiger partial charge is 0.169 e. The summed E-state index contributed by atoms with van der Waals surface area (Å²) >= 11 is 0. The molecule has 0 N–H and O–H groups in total. The lowest BCUT2D eigenvalue weighted by atomic mass is 10.1. The number of aldehydes is 1. The first-order chi connectivity index (χ1) is 7.31. The topological polar surface area (TPSA) is 42.9 Å². The van der Waals surface area contributed by atoms with Crippen molar-refractivity contribution in [1.82, 2.24) is 9.97 Å². The molecule has 2 aromatic heterocycles. The van der Waals surface area contributed by atoms with E-state index in [0.717, 1.165) is 23.1 Å². The summed E-state index contributed by atoms with van der Waals surface area (Å²) in [7, 11) is 0. The summed E-state index contributed by atoms with van der Waals surface area (Å²) in [5.41, 5.74) is 3.03. The molecule has 0 aliphatic rings. The van der Waals surface area contributed by atoms with Gasteiger partial charge in [0.2, 0.25) is 0 Å². The van der Waals surface area contributed by atoms with Gasteiger partial charge in [0, 0.05) is 29.2 Å². The molecule has 0 atom stereocenters. The molecule has 0 radical (unpaired) electrons. The van der Waals surface area contributed by atoms with Gasteiger partial charge in [-0.25, -0.2) is 4.98 Å². The number of carbonyl (C=O) groups excluding carboxylic acids is 1. The van der Waals surface area contributed by atoms with Crippen LogP contribution in [-0.2, 0) is 0 Å². The second kappa shape index (κ2) is 4.00. The molecule has 3 heteroatoms. The van der Waals surface area contributed by atoms with Crippen LogP contribution in [0.2, 0.25) is 0 Å². The summed E-state index contributed by atoms with van der Waals surface area (Å²) in [6.07, 6.45) is 4.19. The van der Waals surface area contributed by atoms with Crippen LogP contribution in [0.3, 0.4) is 0 Å². The zero-order valence-corrected chi connectivity index (χ0v) is 8.34. The van der Waals surface area contributed by atoms with E-state index in [0.29, 0.717) is 5.69 Å². The molecule has 0 amide bonds. The normalized spacial score (nSPS) is 9.93. The second-order valence-corrected chi connectivity index (χ2v) is 3.24. The molecule has 74 valence electrons. The number of nitrogens with zero attached hydrogens (tertiary/aromatic N) is 2. The monoisotopic (exact) mass is 198 g/mol. The second-order valence-electron chi connectivity index (χ2n) is 3.24. The van der Waals surface area contributed by atoms with Crippen molar-refractivity contribution >= 4 is 6.29 Å². The van der Waals surface area contributed by atoms with E-state index in [1.54, 1.807) is 12.4 Å². The molecular weight excluding hydrogens is 188 g/mol. The van der Waals surface area contributed by atoms with E-state index < -0.39 is 0 Å². The Kier molecular flexibility index (Phi) is 2.54. The third kappa shape index (κ3) is 1.91. The molecule has 0 bridgehead atoms. The number of hydrogen-bond donors (Lipinski definition) is 0. The van der Waals surface area contributed by atoms with Crippen LogP contribution >= 0.6 is 0 Å². The molecular formula is C12H10N2O. The number of aryl methyl sites for hydroxylation is 1. The SMILES string of the molecule is Cc1ccc(-c2cccnc2)c(C=O)n1. The van der Waals surface area contributed by atoms with E-state index in [1.807, 2.05) is 31.2 Å². The van der Waals surface area contributed by atoms with Gasteiger partial charge >= 0.3 is 0 Å². The average molecular weight is 198 g/mol. The molecule has 0 spiro atoms. The van der Waals surface area contributed by atoms with E-state index in [9.17, 15) is 4.79 Å². The van der Waals surface area contributed by atoms with Crippen LogP contribution < -0.4 is 0 Å². The van der Waals surface area contributed by atoms with E-state index in [-0.39, 0.29) is 0 Å². The Hall–Kier alpha value is -2.03. The van der Waals surface area contributed by atoms with Crippen molar-refractivity contribution in [3.8, 4) is 11.1 Å². The Bertz CT molecular complexity index is 480. The van der Waals surface area contributed by atoms with Crippen molar-refractivity contribution in [2.45, 2.75) is 6.92 Å². The zero-order chi connectivity index (χ0) is 10.7. The highest BCUT2D eigenvalue weighted by molar-refractivity contribution is 5.84. The van der Waals surface area contributed by atoms with Gasteiger partial charge in [0.1, 0.15) is 5.69 Å². The van der Waals surface area contributed by atoms with Gasteiger partial charge < -0.3 is 0 Å². The predicted molar refractivity (Wildman–Crippen MR) is 57.6 cm³/mol. The standard InChI is InChI=1S/C12H10N2O/c1-9-4-5-11(12(8-15)14-9)10-3-2-6-13-7-10/h2-8H,1H3. The van der Waals surface area contributed by atoms with Crippen molar-refractivity contribution in [3.63, 3.8) is 0 Å². The van der Waals surface area contributed by atoms with Crippen LogP contribution in [0.5, 0.6) is 0 Å². The largest absolute Gasteiger partial charge is 0.296 e. The first-order valence-electron chi connectivity index (χ1n) is 4.64. The Morgan fingerprint density at radius 2 is 2.13 bits per heavy atom. The predicted octanol–water partition coefficient (Wildman–Crippen LogP) is 2.26. The van der Waals surface area contributed by atoms with Crippen molar-refractivity contribution in [1.29, 1.82) is 0 Å². The Labute approximate surface area is 87.8 Å². The average Bonchev–Trinajstić information content (AvgIpc) is 2.30. The molecule has 15 heavy (non-hydrogen) atoms. The molecule has 2 rings (SSSR count). The minimum atomic E-state index is 0.461. The van der Waals surface area contributed by atoms with Crippen molar-refractivity contribution < 1.29 is 4.79 Å². The van der Waals surface area contributed by atoms with Gasteiger partial charge in [-0.05, 0) is 19.1 Å². The Morgan fingerprint density at radius 1 is 1.27 bits per heavy atom. The van der Waals surface area contributed by atoms with Crippen LogP contribution in [0.25, 0.3) is 11.1 Å². The third-order valence-corrected chi connectivity index (χ3v) is 2.15. The van der Waals surface area contributed by atoms with Crippen molar-refractivity contribution in [3.05, 3.63) is 48.0 Å². The molecule has 0 saturated heterocycles. The number of aromatic nitrogens is 2. The van der Waals surface area contributed by atoms with E-state index in [2.05, 4.69) is 9.97 Å². The first kappa shape index (κ1) is 9.52. The number of carbonyl (C=O) groups is 1. The fraction of sp³-hybridized carbons (Fsp3) is 0.0833. The maximum atomic E-state index is 10.9. The number of hydrogen-bond acceptors (Lipinski definition) is 3. The van der Waals surface area contributed by atoms with Gasteiger partial charge in [0.15, 0.2) is 6.29 Å². The van der Waals surface area contributed by atoms with Gasteiger partial charge in [-0.15, -0.1) is 0 Å². The maximum absolute atomic E-state index is 10.9. The highest BCUT2D eigenvalue weighted by Crippen LogP contribution is 2.20. The first-order valence-corrected chi connectivity index (χ1v) is 4.64. The molecule has 0 aromatic carbocycles. The van der Waals surface area contributed by atoms with Crippen LogP contribution in [0.15, 0.2) is 36.7 Å². The number of rotatable bonds is 2. The van der Waals surface area contributed by atoms with Gasteiger partial charge in [0.25, 0.3) is 0 Å². The van der Waals surface area contributed by atoms with E-state index >= 15 is 0 Å². The van der Waals surface area contributed by atoms with Crippen molar-refractivity contribution in [2.75, 3.05) is 0 Å². The lowest BCUT2D eigenvalue weighted by Gasteiger charge is -2.04. The molecule has 2 heterocycles. The van der Waals surface area contributed by atoms with Gasteiger partial charge in [-0.3, -0.25) is 9.78 Å². The lowest BCUT2D eigenvalue weighted by Crippen LogP contribution is -1.94. The molecule has 0 unspecified atom stereocenters. The minimum Gasteiger partial charge on any atom is -0.296 e. The fourth-order valence-electron chi connectivity index (χ4n) is 1.43. The summed E-state index contributed by atoms with van der Waals surface area (Å²) in [5, 5.41) is 0. The fourth-order valence-corrected chi connectivity index (χ4v) is 1.43. The molecule has 0 aliphatic carbocycles. The van der Waals surface area contributed by atoms with Crippen LogP contribution in [-0.4, -0.2) is 16.3 Å². The Balaban J connectivity index is 2.58. The van der Waals surface area contributed by atoms with Gasteiger partial charge in [-0.1, -0.05) is 12.1 Å². The molecule has 2 aromatic rings. The summed E-state index contributed by atoms with van der Waals surface area (Å²) in [4.78, 5) is 19.1. The number of pyridine rings is 2. The summed E-state index contributed by atoms with van der Waals surface area (Å²) in [5.74, 6) is 0. The zero-order valence-electron chi connectivity index (χ0n) is 8.34. The molecule has 0 fully saturated rings. The minimum absolute atomic E-state index is 0.461. The highest BCUT2D eigenvalue weighted by Gasteiger charge is 2.05. The highest BCUT2D eigenvalue weighted by atomic mass is 16.1. The summed E-state index contributed by atoms with van der Waals surface area (Å²) in [6, 6.07) is 7.52. The Morgan fingerprint density at radius 3 is 2.80 bits per heavy atom. The van der Waals surface area contributed by atoms with Crippen LogP contribution in [0.1, 0.15) is 16.2 Å². The maximum Gasteiger partial charge on any atom is 0.169 e. The molecule has 0 saturated carbocycles. The van der Waals surface area contributed by atoms with E-state index in [1.165, 1.54) is 0 Å². The van der Waals surface area contributed by atoms with Gasteiger partial charge in [-0.2, -0.15) is 0 Å². The quantitative estimate of drug-likeness (QED) is 0.695. The molecule has 3 nitrogen and oxygen atoms in total.